The first kappa shape index (κ1) is 25.5. The van der Waals surface area contributed by atoms with E-state index in [1.54, 1.807) is 0 Å². The third-order valence-electron chi connectivity index (χ3n) is 10.0. The molecule has 0 spiro atoms. The van der Waals surface area contributed by atoms with Gasteiger partial charge in [0.05, 0.1) is 6.42 Å². The van der Waals surface area contributed by atoms with Crippen molar-refractivity contribution < 1.29 is 29.0 Å². The summed E-state index contributed by atoms with van der Waals surface area (Å²) in [5.41, 5.74) is 0.230. The number of thiol groups is 1. The lowest BCUT2D eigenvalue weighted by Gasteiger charge is -2.60. The maximum Gasteiger partial charge on any atom is 0.327 e. The average Bonchev–Trinajstić information content (AvgIpc) is 3.12. The first-order valence-corrected chi connectivity index (χ1v) is 13.6. The van der Waals surface area contributed by atoms with Crippen LogP contribution in [0, 0.1) is 34.5 Å². The van der Waals surface area contributed by atoms with Crippen LogP contribution in [0.2, 0.25) is 0 Å². The van der Waals surface area contributed by atoms with E-state index in [1.807, 2.05) is 0 Å². The van der Waals surface area contributed by atoms with E-state index in [0.29, 0.717) is 29.5 Å². The number of ether oxygens (including phenoxy) is 1. The molecule has 4 rings (SSSR count). The molecule has 0 bridgehead atoms. The summed E-state index contributed by atoms with van der Waals surface area (Å²) in [4.78, 5) is 47.8. The highest BCUT2D eigenvalue weighted by molar-refractivity contribution is 7.80. The number of carboxylic acids is 1. The first-order valence-electron chi connectivity index (χ1n) is 12.9. The Kier molecular flexibility index (Phi) is 7.37. The number of aliphatic carboxylic acids is 1. The predicted molar refractivity (Wildman–Crippen MR) is 129 cm³/mol. The smallest absolute Gasteiger partial charge is 0.327 e. The van der Waals surface area contributed by atoms with Gasteiger partial charge in [0, 0.05) is 30.4 Å². The molecule has 0 aromatic rings. The molecule has 4 fully saturated rings. The molecular weight excluding hydrogens is 454 g/mol. The summed E-state index contributed by atoms with van der Waals surface area (Å²) in [6, 6.07) is -1.06. The topological polar surface area (TPSA) is 110 Å². The van der Waals surface area contributed by atoms with Gasteiger partial charge in [-0.2, -0.15) is 12.6 Å². The molecule has 0 aliphatic heterocycles. The van der Waals surface area contributed by atoms with E-state index in [4.69, 9.17) is 9.84 Å². The van der Waals surface area contributed by atoms with Gasteiger partial charge in [0.15, 0.2) is 0 Å². The van der Waals surface area contributed by atoms with Gasteiger partial charge >= 0.3 is 11.9 Å². The molecule has 4 aliphatic rings. The lowest BCUT2D eigenvalue weighted by Crippen LogP contribution is -2.54. The van der Waals surface area contributed by atoms with Crippen LogP contribution in [-0.2, 0) is 23.9 Å². The Morgan fingerprint density at radius 3 is 2.50 bits per heavy atom. The number of fused-ring (bicyclic) bond motifs is 5. The number of carboxylic acid groups (broad SMARTS) is 1. The second-order valence-corrected chi connectivity index (χ2v) is 12.0. The third-order valence-corrected chi connectivity index (χ3v) is 10.4. The zero-order chi connectivity index (χ0) is 24.7. The highest BCUT2D eigenvalue weighted by Crippen LogP contribution is 2.66. The number of carbonyl (C=O) groups excluding carboxylic acids is 3. The molecule has 7 nitrogen and oxygen atoms in total. The number of hydrogen-bond acceptors (Lipinski definition) is 6. The molecule has 8 atom stereocenters. The summed E-state index contributed by atoms with van der Waals surface area (Å²) in [6.07, 6.45) is 8.66. The largest absolute Gasteiger partial charge is 0.480 e. The van der Waals surface area contributed by atoms with E-state index in [-0.39, 0.29) is 41.5 Å². The molecule has 0 aromatic carbocycles. The van der Waals surface area contributed by atoms with Crippen molar-refractivity contribution in [2.45, 2.75) is 96.6 Å². The summed E-state index contributed by atoms with van der Waals surface area (Å²) in [5, 5.41) is 11.4. The third kappa shape index (κ3) is 4.63. The van der Waals surface area contributed by atoms with Gasteiger partial charge in [-0.25, -0.2) is 4.79 Å². The molecule has 0 unspecified atom stereocenters. The van der Waals surface area contributed by atoms with E-state index >= 15 is 0 Å². The maximum absolute atomic E-state index is 12.6. The highest BCUT2D eigenvalue weighted by atomic mass is 32.1. The van der Waals surface area contributed by atoms with E-state index in [2.05, 4.69) is 31.8 Å². The molecule has 0 heterocycles. The monoisotopic (exact) mass is 493 g/mol. The fraction of sp³-hybridized carbons (Fsp3) is 0.846. The number of hydrogen-bond donors (Lipinski definition) is 3. The van der Waals surface area contributed by atoms with Crippen molar-refractivity contribution in [1.29, 1.82) is 0 Å². The zero-order valence-corrected chi connectivity index (χ0v) is 21.3. The van der Waals surface area contributed by atoms with Crippen LogP contribution in [0.5, 0.6) is 0 Å². The standard InChI is InChI=1S/C26H39NO6S/c1-25-11-9-16(28)13-15(25)3-4-17-18-5-6-21(26(18,2)12-10-19(17)25)33-23(30)8-7-22(29)27-20(14-34)24(31)32/h15,17-21,34H,3-14H2,1-2H3,(H,27,29)(H,31,32)/t15-,17-,18+,19-,20-,21-,25-,26-/m0/s1. The fourth-order valence-electron chi connectivity index (χ4n) is 8.08. The average molecular weight is 494 g/mol. The van der Waals surface area contributed by atoms with Crippen LogP contribution in [0.15, 0.2) is 0 Å². The molecule has 0 aromatic heterocycles. The van der Waals surface area contributed by atoms with Gasteiger partial charge in [0.1, 0.15) is 17.9 Å². The van der Waals surface area contributed by atoms with Crippen molar-refractivity contribution in [1.82, 2.24) is 5.32 Å². The van der Waals surface area contributed by atoms with Crippen LogP contribution < -0.4 is 5.32 Å². The van der Waals surface area contributed by atoms with Crippen molar-refractivity contribution in [3.05, 3.63) is 0 Å². The molecule has 4 aliphatic carbocycles. The summed E-state index contributed by atoms with van der Waals surface area (Å²) in [7, 11) is 0. The van der Waals surface area contributed by atoms with Crippen LogP contribution in [0.1, 0.15) is 84.5 Å². The number of ketones is 1. The van der Waals surface area contributed by atoms with Gasteiger partial charge in [-0.05, 0) is 74.0 Å². The van der Waals surface area contributed by atoms with Crippen molar-refractivity contribution in [3.8, 4) is 0 Å². The van der Waals surface area contributed by atoms with Gasteiger partial charge in [0.25, 0.3) is 0 Å². The normalized spacial score (nSPS) is 39.9. The fourth-order valence-corrected chi connectivity index (χ4v) is 8.32. The van der Waals surface area contributed by atoms with Gasteiger partial charge < -0.3 is 15.2 Å². The summed E-state index contributed by atoms with van der Waals surface area (Å²) >= 11 is 3.93. The lowest BCUT2D eigenvalue weighted by atomic mass is 9.45. The molecule has 0 radical (unpaired) electrons. The first-order chi connectivity index (χ1) is 16.1. The summed E-state index contributed by atoms with van der Waals surface area (Å²) < 4.78 is 5.94. The Morgan fingerprint density at radius 1 is 1.06 bits per heavy atom. The number of nitrogens with one attached hydrogen (secondary N) is 1. The van der Waals surface area contributed by atoms with Gasteiger partial charge in [-0.15, -0.1) is 0 Å². The Bertz CT molecular complexity index is 847. The van der Waals surface area contributed by atoms with E-state index in [1.165, 1.54) is 6.42 Å². The minimum Gasteiger partial charge on any atom is -0.480 e. The van der Waals surface area contributed by atoms with E-state index in [9.17, 15) is 19.2 Å². The van der Waals surface area contributed by atoms with Crippen LogP contribution >= 0.6 is 12.6 Å². The second kappa shape index (κ2) is 9.82. The van der Waals surface area contributed by atoms with Gasteiger partial charge in [-0.3, -0.25) is 14.4 Å². The van der Waals surface area contributed by atoms with Crippen LogP contribution in [0.4, 0.5) is 0 Å². The number of amides is 1. The highest BCUT2D eigenvalue weighted by Gasteiger charge is 2.61. The Labute approximate surface area is 207 Å². The minimum absolute atomic E-state index is 0.00834. The number of esters is 1. The maximum atomic E-state index is 12.6. The molecule has 2 N–H and O–H groups in total. The van der Waals surface area contributed by atoms with Gasteiger partial charge in [-0.1, -0.05) is 13.8 Å². The van der Waals surface area contributed by atoms with E-state index < -0.39 is 17.9 Å². The van der Waals surface area contributed by atoms with Crippen molar-refractivity contribution in [2.75, 3.05) is 5.75 Å². The van der Waals surface area contributed by atoms with Gasteiger partial charge in [0.2, 0.25) is 5.91 Å². The SMILES string of the molecule is C[C@]12CCC(=O)C[C@@H]1CC[C@H]1[C@H]3CC[C@H](OC(=O)CCC(=O)N[C@@H](CS)C(=O)O)[C@@]3(C)CC[C@@H]12. The lowest BCUT2D eigenvalue weighted by molar-refractivity contribution is -0.164. The van der Waals surface area contributed by atoms with Crippen molar-refractivity contribution >= 4 is 36.3 Å². The van der Waals surface area contributed by atoms with Crippen LogP contribution in [0.25, 0.3) is 0 Å². The molecule has 1 amide bonds. The minimum atomic E-state index is -1.14. The molecule has 0 saturated heterocycles. The van der Waals surface area contributed by atoms with E-state index in [0.717, 1.165) is 51.4 Å². The molecule has 190 valence electrons. The Morgan fingerprint density at radius 2 is 1.79 bits per heavy atom. The molecule has 34 heavy (non-hydrogen) atoms. The summed E-state index contributed by atoms with van der Waals surface area (Å²) in [5.74, 6) is 0.779. The summed E-state index contributed by atoms with van der Waals surface area (Å²) in [6.45, 7) is 4.72. The zero-order valence-electron chi connectivity index (χ0n) is 20.4. The van der Waals surface area contributed by atoms with Crippen LogP contribution in [-0.4, -0.2) is 46.6 Å². The quantitative estimate of drug-likeness (QED) is 0.368. The second-order valence-electron chi connectivity index (χ2n) is 11.6. The van der Waals surface area contributed by atoms with Crippen molar-refractivity contribution in [2.24, 2.45) is 34.5 Å². The number of rotatable bonds is 7. The molecule has 4 saturated carbocycles. The number of carbonyl (C=O) groups is 4. The molecule has 8 heteroatoms. The Balaban J connectivity index is 1.34. The van der Waals surface area contributed by atoms with Crippen LogP contribution in [0.3, 0.4) is 0 Å². The van der Waals surface area contributed by atoms with Crippen molar-refractivity contribution in [3.63, 3.8) is 0 Å². The molecular formula is C26H39NO6S. The number of Topliss-reactive ketones (excluding diaryl/α,β-unsaturated/α-hetero) is 1. The predicted octanol–water partition coefficient (Wildman–Crippen LogP) is 3.79. The Hall–Kier alpha value is -1.57.